The minimum absolute atomic E-state index is 0.574. The summed E-state index contributed by atoms with van der Waals surface area (Å²) < 4.78 is 0. The fourth-order valence-corrected chi connectivity index (χ4v) is 2.12. The van der Waals surface area contributed by atoms with Crippen molar-refractivity contribution in [1.29, 1.82) is 0 Å². The van der Waals surface area contributed by atoms with E-state index in [9.17, 15) is 0 Å². The van der Waals surface area contributed by atoms with Crippen LogP contribution in [0.25, 0.3) is 0 Å². The molecule has 0 spiro atoms. The van der Waals surface area contributed by atoms with E-state index >= 15 is 0 Å². The average Bonchev–Trinajstić information content (AvgIpc) is 2.46. The topological polar surface area (TPSA) is 50.1 Å². The zero-order chi connectivity index (χ0) is 14.4. The second kappa shape index (κ2) is 6.96. The Kier molecular flexibility index (Phi) is 5.02. The lowest BCUT2D eigenvalue weighted by molar-refractivity contribution is 0.648. The van der Waals surface area contributed by atoms with Crippen molar-refractivity contribution in [2.45, 2.75) is 26.8 Å². The van der Waals surface area contributed by atoms with Crippen molar-refractivity contribution in [1.82, 2.24) is 0 Å². The highest BCUT2D eigenvalue weighted by molar-refractivity contribution is 5.57. The largest absolute Gasteiger partial charge is 0.326 e. The molecule has 0 aliphatic rings. The van der Waals surface area contributed by atoms with Gasteiger partial charge in [0.05, 0.1) is 11.4 Å². The number of hydrogen-bond acceptors (Lipinski definition) is 3. The van der Waals surface area contributed by atoms with Gasteiger partial charge in [0.25, 0.3) is 0 Å². The summed E-state index contributed by atoms with van der Waals surface area (Å²) in [6, 6.07) is 16.5. The van der Waals surface area contributed by atoms with Crippen LogP contribution in [0, 0.1) is 5.92 Å². The second-order valence-electron chi connectivity index (χ2n) is 5.41. The average molecular weight is 269 g/mol. The maximum atomic E-state index is 5.60. The quantitative estimate of drug-likeness (QED) is 0.699. The third-order valence-corrected chi connectivity index (χ3v) is 3.18. The third kappa shape index (κ3) is 4.00. The Hall–Kier alpha value is -2.00. The van der Waals surface area contributed by atoms with Crippen LogP contribution < -0.4 is 16.6 Å². The molecule has 20 heavy (non-hydrogen) atoms. The summed E-state index contributed by atoms with van der Waals surface area (Å²) in [5, 5.41) is 0. The van der Waals surface area contributed by atoms with Crippen molar-refractivity contribution in [3.63, 3.8) is 0 Å². The molecule has 2 aromatic carbocycles. The van der Waals surface area contributed by atoms with E-state index in [0.717, 1.165) is 23.4 Å². The van der Waals surface area contributed by atoms with E-state index in [1.54, 1.807) is 0 Å². The Labute approximate surface area is 121 Å². The van der Waals surface area contributed by atoms with E-state index < -0.39 is 0 Å². The van der Waals surface area contributed by atoms with E-state index in [4.69, 9.17) is 5.73 Å². The highest BCUT2D eigenvalue weighted by Gasteiger charge is 2.03. The first kappa shape index (κ1) is 14.4. The van der Waals surface area contributed by atoms with Crippen LogP contribution in [0.4, 0.5) is 11.4 Å². The molecule has 0 heterocycles. The standard InChI is InChI=1S/C17H23N3/c1-13(2)11-15-5-3-4-6-17(15)20-19-16-9-7-14(12-18)8-10-16/h3-10,13,19-20H,11-12,18H2,1-2H3. The van der Waals surface area contributed by atoms with Crippen LogP contribution >= 0.6 is 0 Å². The molecule has 0 fully saturated rings. The van der Waals surface area contributed by atoms with Gasteiger partial charge in [0.15, 0.2) is 0 Å². The van der Waals surface area contributed by atoms with Gasteiger partial charge in [0, 0.05) is 6.54 Å². The molecule has 0 radical (unpaired) electrons. The number of anilines is 2. The van der Waals surface area contributed by atoms with Crippen molar-refractivity contribution >= 4 is 11.4 Å². The van der Waals surface area contributed by atoms with Gasteiger partial charge in [-0.25, -0.2) is 0 Å². The molecule has 0 atom stereocenters. The zero-order valence-corrected chi connectivity index (χ0v) is 12.2. The Morgan fingerprint density at radius 2 is 1.65 bits per heavy atom. The van der Waals surface area contributed by atoms with E-state index in [2.05, 4.69) is 42.9 Å². The monoisotopic (exact) mass is 269 g/mol. The molecule has 2 rings (SSSR count). The summed E-state index contributed by atoms with van der Waals surface area (Å²) >= 11 is 0. The molecule has 0 aliphatic heterocycles. The van der Waals surface area contributed by atoms with Crippen LogP contribution in [0.5, 0.6) is 0 Å². The lowest BCUT2D eigenvalue weighted by Gasteiger charge is -2.15. The number of nitrogens with two attached hydrogens (primary N) is 1. The minimum Gasteiger partial charge on any atom is -0.326 e. The molecule has 106 valence electrons. The molecule has 0 saturated heterocycles. The van der Waals surface area contributed by atoms with Gasteiger partial charge in [0.1, 0.15) is 0 Å². The van der Waals surface area contributed by atoms with Crippen LogP contribution in [0.2, 0.25) is 0 Å². The molecule has 2 aromatic rings. The summed E-state index contributed by atoms with van der Waals surface area (Å²) in [5.74, 6) is 0.641. The molecule has 0 saturated carbocycles. The summed E-state index contributed by atoms with van der Waals surface area (Å²) in [6.45, 7) is 5.04. The Morgan fingerprint density at radius 3 is 2.30 bits per heavy atom. The Morgan fingerprint density at radius 1 is 0.950 bits per heavy atom. The molecular formula is C17H23N3. The molecule has 4 N–H and O–H groups in total. The summed E-state index contributed by atoms with van der Waals surface area (Å²) in [7, 11) is 0. The molecule has 0 aliphatic carbocycles. The van der Waals surface area contributed by atoms with Gasteiger partial charge in [-0.15, -0.1) is 0 Å². The predicted octanol–water partition coefficient (Wildman–Crippen LogP) is 3.78. The van der Waals surface area contributed by atoms with Crippen molar-refractivity contribution in [3.8, 4) is 0 Å². The van der Waals surface area contributed by atoms with Crippen LogP contribution in [0.3, 0.4) is 0 Å². The minimum atomic E-state index is 0.574. The lowest BCUT2D eigenvalue weighted by Crippen LogP contribution is -2.11. The maximum Gasteiger partial charge on any atom is 0.0571 e. The Bertz CT molecular complexity index is 532. The van der Waals surface area contributed by atoms with Gasteiger partial charge in [-0.1, -0.05) is 44.2 Å². The number of hydrazine groups is 1. The van der Waals surface area contributed by atoms with E-state index in [0.29, 0.717) is 12.5 Å². The fourth-order valence-electron chi connectivity index (χ4n) is 2.12. The second-order valence-corrected chi connectivity index (χ2v) is 5.41. The van der Waals surface area contributed by atoms with E-state index in [-0.39, 0.29) is 0 Å². The number of para-hydroxylation sites is 1. The lowest BCUT2D eigenvalue weighted by atomic mass is 10.0. The number of nitrogens with one attached hydrogen (secondary N) is 2. The molecule has 3 nitrogen and oxygen atoms in total. The molecule has 0 amide bonds. The number of rotatable bonds is 6. The first-order valence-electron chi connectivity index (χ1n) is 7.08. The summed E-state index contributed by atoms with van der Waals surface area (Å²) in [5.41, 5.74) is 16.7. The summed E-state index contributed by atoms with van der Waals surface area (Å²) in [4.78, 5) is 0. The first-order chi connectivity index (χ1) is 9.69. The van der Waals surface area contributed by atoms with Crippen molar-refractivity contribution in [3.05, 3.63) is 59.7 Å². The normalized spacial score (nSPS) is 10.6. The van der Waals surface area contributed by atoms with Gasteiger partial charge in [0.2, 0.25) is 0 Å². The highest BCUT2D eigenvalue weighted by Crippen LogP contribution is 2.19. The smallest absolute Gasteiger partial charge is 0.0571 e. The van der Waals surface area contributed by atoms with Crippen molar-refractivity contribution in [2.75, 3.05) is 10.9 Å². The third-order valence-electron chi connectivity index (χ3n) is 3.18. The van der Waals surface area contributed by atoms with Gasteiger partial charge >= 0.3 is 0 Å². The van der Waals surface area contributed by atoms with Gasteiger partial charge < -0.3 is 16.6 Å². The molecular weight excluding hydrogens is 246 g/mol. The van der Waals surface area contributed by atoms with Crippen LogP contribution in [-0.4, -0.2) is 0 Å². The van der Waals surface area contributed by atoms with E-state index in [1.807, 2.05) is 30.3 Å². The van der Waals surface area contributed by atoms with Crippen molar-refractivity contribution < 1.29 is 0 Å². The maximum absolute atomic E-state index is 5.60. The number of hydrogen-bond donors (Lipinski definition) is 3. The summed E-state index contributed by atoms with van der Waals surface area (Å²) in [6.07, 6.45) is 1.07. The molecule has 0 bridgehead atoms. The van der Waals surface area contributed by atoms with Crippen LogP contribution in [-0.2, 0) is 13.0 Å². The fraction of sp³-hybridized carbons (Fsp3) is 0.294. The molecule has 3 heteroatoms. The first-order valence-corrected chi connectivity index (χ1v) is 7.08. The number of benzene rings is 2. The molecule has 0 aromatic heterocycles. The highest BCUT2D eigenvalue weighted by atomic mass is 15.4. The predicted molar refractivity (Wildman–Crippen MR) is 86.6 cm³/mol. The van der Waals surface area contributed by atoms with Gasteiger partial charge in [-0.05, 0) is 41.7 Å². The van der Waals surface area contributed by atoms with Crippen LogP contribution in [0.1, 0.15) is 25.0 Å². The Balaban J connectivity index is 2.02. The molecule has 0 unspecified atom stereocenters. The van der Waals surface area contributed by atoms with Gasteiger partial charge in [-0.2, -0.15) is 0 Å². The van der Waals surface area contributed by atoms with Crippen LogP contribution in [0.15, 0.2) is 48.5 Å². The van der Waals surface area contributed by atoms with E-state index in [1.165, 1.54) is 5.56 Å². The zero-order valence-electron chi connectivity index (χ0n) is 12.2. The van der Waals surface area contributed by atoms with Crippen molar-refractivity contribution in [2.24, 2.45) is 11.7 Å². The SMILES string of the molecule is CC(C)Cc1ccccc1NNc1ccc(CN)cc1. The van der Waals surface area contributed by atoms with Gasteiger partial charge in [-0.3, -0.25) is 0 Å².